The fourth-order valence-corrected chi connectivity index (χ4v) is 5.39. The van der Waals surface area contributed by atoms with Crippen molar-refractivity contribution in [1.29, 1.82) is 0 Å². The van der Waals surface area contributed by atoms with Crippen molar-refractivity contribution in [3.63, 3.8) is 0 Å². The van der Waals surface area contributed by atoms with Crippen molar-refractivity contribution in [2.75, 3.05) is 25.1 Å². The molecule has 0 spiro atoms. The molecular formula is C26H26F3N5O3. The Hall–Kier alpha value is -4.02. The number of hydrogen-bond donors (Lipinski definition) is 0. The number of alkyl halides is 3. The highest BCUT2D eigenvalue weighted by atomic mass is 19.4. The van der Waals surface area contributed by atoms with E-state index in [2.05, 4.69) is 5.10 Å². The maximum absolute atomic E-state index is 13.8. The molecule has 4 aromatic rings. The summed E-state index contributed by atoms with van der Waals surface area (Å²) in [6.07, 6.45) is -3.16. The normalized spacial score (nSPS) is 16.1. The molecule has 1 saturated heterocycles. The number of anilines is 1. The first-order chi connectivity index (χ1) is 17.7. The predicted molar refractivity (Wildman–Crippen MR) is 132 cm³/mol. The predicted octanol–water partition coefficient (Wildman–Crippen LogP) is 4.18. The smallest absolute Gasteiger partial charge is 0.416 e. The molecule has 194 valence electrons. The van der Waals surface area contributed by atoms with Gasteiger partial charge in [-0.25, -0.2) is 4.79 Å². The Morgan fingerprint density at radius 2 is 1.92 bits per heavy atom. The number of aromatic nitrogens is 4. The third-order valence-electron chi connectivity index (χ3n) is 7.00. The first-order valence-electron chi connectivity index (χ1n) is 11.8. The molecule has 0 N–H and O–H groups in total. The molecule has 1 aliphatic heterocycles. The van der Waals surface area contributed by atoms with Crippen LogP contribution in [-0.2, 0) is 19.8 Å². The number of carbonyl (C=O) groups excluding carboxylic acids is 1. The standard InChI is InChI=1S/C26H26F3N5O3/c1-16-19(15-35)24(31(2)30-16)32-12-11-18(14-32)34-21-9-6-10-22(37-3)23(21)33(25(34)36)13-17-7-4-5-8-20(17)26(27,28)29/h4-10,15,18H,11-14H2,1-3H3. The van der Waals surface area contributed by atoms with Crippen molar-refractivity contribution < 1.29 is 22.7 Å². The summed E-state index contributed by atoms with van der Waals surface area (Å²) in [5.74, 6) is 1.08. The molecule has 37 heavy (non-hydrogen) atoms. The second-order valence-electron chi connectivity index (χ2n) is 9.17. The van der Waals surface area contributed by atoms with Crippen molar-refractivity contribution in [3.8, 4) is 5.75 Å². The van der Waals surface area contributed by atoms with Gasteiger partial charge in [-0.2, -0.15) is 18.3 Å². The van der Waals surface area contributed by atoms with Crippen LogP contribution in [0.25, 0.3) is 11.0 Å². The van der Waals surface area contributed by atoms with Crippen LogP contribution in [0.3, 0.4) is 0 Å². The third-order valence-corrected chi connectivity index (χ3v) is 7.00. The number of benzene rings is 2. The van der Waals surface area contributed by atoms with E-state index in [1.165, 1.54) is 29.9 Å². The number of aryl methyl sites for hydroxylation is 2. The van der Waals surface area contributed by atoms with Gasteiger partial charge in [0.1, 0.15) is 17.1 Å². The Morgan fingerprint density at radius 3 is 2.62 bits per heavy atom. The van der Waals surface area contributed by atoms with Crippen molar-refractivity contribution in [2.45, 2.75) is 32.1 Å². The van der Waals surface area contributed by atoms with Gasteiger partial charge in [-0.3, -0.25) is 18.6 Å². The van der Waals surface area contributed by atoms with Gasteiger partial charge >= 0.3 is 11.9 Å². The van der Waals surface area contributed by atoms with Crippen LogP contribution >= 0.6 is 0 Å². The Bertz CT molecular complexity index is 1550. The molecule has 11 heteroatoms. The van der Waals surface area contributed by atoms with Gasteiger partial charge < -0.3 is 9.64 Å². The summed E-state index contributed by atoms with van der Waals surface area (Å²) in [6.45, 7) is 2.54. The van der Waals surface area contributed by atoms with E-state index in [0.717, 1.165) is 12.4 Å². The zero-order chi connectivity index (χ0) is 26.5. The number of nitrogens with zero attached hydrogens (tertiary/aromatic N) is 5. The summed E-state index contributed by atoms with van der Waals surface area (Å²) < 4.78 is 51.3. The van der Waals surface area contributed by atoms with Gasteiger partial charge in [-0.15, -0.1) is 0 Å². The molecule has 1 aliphatic rings. The number of methoxy groups -OCH3 is 1. The number of carbonyl (C=O) groups is 1. The van der Waals surface area contributed by atoms with Crippen LogP contribution in [0.4, 0.5) is 19.0 Å². The lowest BCUT2D eigenvalue weighted by atomic mass is 10.1. The molecule has 0 saturated carbocycles. The van der Waals surface area contributed by atoms with Crippen LogP contribution in [-0.4, -0.2) is 45.4 Å². The zero-order valence-corrected chi connectivity index (χ0v) is 20.6. The van der Waals surface area contributed by atoms with Crippen LogP contribution in [0, 0.1) is 6.92 Å². The third kappa shape index (κ3) is 4.08. The molecule has 8 nitrogen and oxygen atoms in total. The molecule has 0 bridgehead atoms. The summed E-state index contributed by atoms with van der Waals surface area (Å²) in [5.41, 5.74) is 0.947. The first-order valence-corrected chi connectivity index (χ1v) is 11.8. The van der Waals surface area contributed by atoms with E-state index in [1.807, 2.05) is 4.90 Å². The Balaban J connectivity index is 1.61. The number of para-hydroxylation sites is 1. The minimum absolute atomic E-state index is 0.00362. The van der Waals surface area contributed by atoms with Gasteiger partial charge in [0.25, 0.3) is 0 Å². The number of ether oxygens (including phenoxy) is 1. The molecule has 2 aromatic heterocycles. The van der Waals surface area contributed by atoms with E-state index in [0.29, 0.717) is 53.4 Å². The van der Waals surface area contributed by atoms with E-state index >= 15 is 0 Å². The molecule has 3 heterocycles. The van der Waals surface area contributed by atoms with Crippen molar-refractivity contribution in [2.24, 2.45) is 7.05 Å². The average Bonchev–Trinajstić information content (AvgIpc) is 3.52. The topological polar surface area (TPSA) is 74.3 Å². The van der Waals surface area contributed by atoms with Crippen LogP contribution < -0.4 is 15.3 Å². The van der Waals surface area contributed by atoms with Crippen LogP contribution in [0.15, 0.2) is 47.3 Å². The van der Waals surface area contributed by atoms with E-state index in [4.69, 9.17) is 4.74 Å². The Kier molecular flexibility index (Phi) is 6.09. The van der Waals surface area contributed by atoms with Crippen molar-refractivity contribution in [3.05, 3.63) is 75.3 Å². The van der Waals surface area contributed by atoms with E-state index in [9.17, 15) is 22.8 Å². The lowest BCUT2D eigenvalue weighted by Gasteiger charge is -2.19. The first kappa shape index (κ1) is 24.7. The SMILES string of the molecule is COc1cccc2c1n(Cc1ccccc1C(F)(F)F)c(=O)n2C1CCN(c2c(C=O)c(C)nn2C)C1. The second-order valence-corrected chi connectivity index (χ2v) is 9.17. The van der Waals surface area contributed by atoms with Crippen LogP contribution in [0.5, 0.6) is 5.75 Å². The number of aldehydes is 1. The summed E-state index contributed by atoms with van der Waals surface area (Å²) in [4.78, 5) is 27.6. The van der Waals surface area contributed by atoms with Crippen LogP contribution in [0.1, 0.15) is 39.6 Å². The van der Waals surface area contributed by atoms with Crippen molar-refractivity contribution >= 4 is 23.1 Å². The Labute approximate surface area is 210 Å². The monoisotopic (exact) mass is 513 g/mol. The zero-order valence-electron chi connectivity index (χ0n) is 20.6. The number of fused-ring (bicyclic) bond motifs is 1. The molecule has 1 unspecified atom stereocenters. The summed E-state index contributed by atoms with van der Waals surface area (Å²) in [6, 6.07) is 10.2. The maximum Gasteiger partial charge on any atom is 0.416 e. The summed E-state index contributed by atoms with van der Waals surface area (Å²) >= 11 is 0. The lowest BCUT2D eigenvalue weighted by molar-refractivity contribution is -0.138. The highest BCUT2D eigenvalue weighted by molar-refractivity contribution is 5.85. The molecule has 0 radical (unpaired) electrons. The van der Waals surface area contributed by atoms with Gasteiger partial charge in [0.05, 0.1) is 42.0 Å². The fourth-order valence-electron chi connectivity index (χ4n) is 5.39. The van der Waals surface area contributed by atoms with Gasteiger partial charge in [0.2, 0.25) is 0 Å². The van der Waals surface area contributed by atoms with E-state index in [1.54, 1.807) is 41.4 Å². The molecular weight excluding hydrogens is 487 g/mol. The fraction of sp³-hybridized carbons (Fsp3) is 0.346. The molecule has 1 fully saturated rings. The molecule has 1 atom stereocenters. The summed E-state index contributed by atoms with van der Waals surface area (Å²) in [5, 5.41) is 4.36. The van der Waals surface area contributed by atoms with Crippen molar-refractivity contribution in [1.82, 2.24) is 18.9 Å². The van der Waals surface area contributed by atoms with Crippen LogP contribution in [0.2, 0.25) is 0 Å². The quantitative estimate of drug-likeness (QED) is 0.362. The number of rotatable bonds is 6. The highest BCUT2D eigenvalue weighted by Gasteiger charge is 2.35. The molecule has 5 rings (SSSR count). The number of imidazole rings is 1. The maximum atomic E-state index is 13.8. The van der Waals surface area contributed by atoms with Gasteiger partial charge in [-0.05, 0) is 37.1 Å². The second kappa shape index (κ2) is 9.13. The van der Waals surface area contributed by atoms with Gasteiger partial charge in [0.15, 0.2) is 6.29 Å². The van der Waals surface area contributed by atoms with E-state index in [-0.39, 0.29) is 18.2 Å². The van der Waals surface area contributed by atoms with Gasteiger partial charge in [-0.1, -0.05) is 24.3 Å². The minimum atomic E-state index is -4.55. The number of hydrogen-bond acceptors (Lipinski definition) is 5. The van der Waals surface area contributed by atoms with E-state index < -0.39 is 17.4 Å². The number of halogens is 3. The highest BCUT2D eigenvalue weighted by Crippen LogP contribution is 2.35. The summed E-state index contributed by atoms with van der Waals surface area (Å²) in [7, 11) is 3.23. The van der Waals surface area contributed by atoms with Gasteiger partial charge in [0, 0.05) is 20.1 Å². The lowest BCUT2D eigenvalue weighted by Crippen LogP contribution is -2.30. The largest absolute Gasteiger partial charge is 0.494 e. The molecule has 2 aromatic carbocycles. The molecule has 0 amide bonds. The molecule has 0 aliphatic carbocycles. The average molecular weight is 514 g/mol. The minimum Gasteiger partial charge on any atom is -0.494 e. The Morgan fingerprint density at radius 1 is 1.16 bits per heavy atom.